The summed E-state index contributed by atoms with van der Waals surface area (Å²) in [6.45, 7) is 5.19. The molecular weight excluding hydrogens is 155 g/mol. The Morgan fingerprint density at radius 2 is 2.22 bits per heavy atom. The maximum atomic E-state index is 5.19. The standard InChI is InChI=1S/C8H6.Ni/c1-2-8-6-4-3-5-7-8;/h1-6H;/q-2;+2. The van der Waals surface area contributed by atoms with Crippen LogP contribution in [0.5, 0.6) is 0 Å². The van der Waals surface area contributed by atoms with Crippen molar-refractivity contribution in [3.8, 4) is 0 Å². The van der Waals surface area contributed by atoms with Crippen LogP contribution >= 0.6 is 0 Å². The van der Waals surface area contributed by atoms with Crippen LogP contribution in [0.25, 0.3) is 6.08 Å². The van der Waals surface area contributed by atoms with Crippen molar-refractivity contribution in [3.05, 3.63) is 42.5 Å². The SMILES string of the molecule is [CH-]=Cc1[c-]cccc1.[Ni+2]. The van der Waals surface area contributed by atoms with Crippen molar-refractivity contribution >= 4 is 6.08 Å². The van der Waals surface area contributed by atoms with E-state index in [1.807, 2.05) is 24.3 Å². The van der Waals surface area contributed by atoms with E-state index in [-0.39, 0.29) is 16.5 Å². The third-order valence-corrected chi connectivity index (χ3v) is 0.913. The van der Waals surface area contributed by atoms with E-state index in [0.717, 1.165) is 5.56 Å². The first-order valence-corrected chi connectivity index (χ1v) is 2.45. The predicted octanol–water partition coefficient (Wildman–Crippen LogP) is 1.93. The molecule has 1 aromatic rings. The molecule has 0 heterocycles. The third-order valence-electron chi connectivity index (χ3n) is 0.913. The molecular formula is C8H6Ni. The molecule has 0 aliphatic carbocycles. The second-order valence-electron chi connectivity index (χ2n) is 1.48. The number of benzene rings is 1. The van der Waals surface area contributed by atoms with E-state index >= 15 is 0 Å². The molecule has 1 aromatic carbocycles. The number of hydrogen-bond donors (Lipinski definition) is 0. The first kappa shape index (κ1) is 8.45. The number of hydrogen-bond acceptors (Lipinski definition) is 0. The van der Waals surface area contributed by atoms with Crippen LogP contribution in [-0.4, -0.2) is 0 Å². The Balaban J connectivity index is 0.000000640. The molecule has 0 spiro atoms. The molecule has 0 amide bonds. The molecule has 0 saturated carbocycles. The molecule has 0 fully saturated rings. The van der Waals surface area contributed by atoms with Crippen molar-refractivity contribution in [2.24, 2.45) is 0 Å². The predicted molar refractivity (Wildman–Crippen MR) is 34.0 cm³/mol. The molecule has 0 aromatic heterocycles. The minimum Gasteiger partial charge on any atom is -0.344 e. The molecule has 0 atom stereocenters. The summed E-state index contributed by atoms with van der Waals surface area (Å²) in [5.74, 6) is 0. The molecule has 0 N–H and O–H groups in total. The smallest absolute Gasteiger partial charge is 0.344 e. The maximum Gasteiger partial charge on any atom is 2.00 e. The van der Waals surface area contributed by atoms with E-state index in [0.29, 0.717) is 0 Å². The van der Waals surface area contributed by atoms with Crippen molar-refractivity contribution in [1.29, 1.82) is 0 Å². The zero-order valence-electron chi connectivity index (χ0n) is 4.78. The van der Waals surface area contributed by atoms with Gasteiger partial charge in [0.15, 0.2) is 0 Å². The molecule has 0 bridgehead atoms. The first-order chi connectivity index (χ1) is 3.93. The van der Waals surface area contributed by atoms with Crippen molar-refractivity contribution in [2.75, 3.05) is 0 Å². The zero-order valence-corrected chi connectivity index (χ0v) is 5.77. The summed E-state index contributed by atoms with van der Waals surface area (Å²) < 4.78 is 0. The Kier molecular flexibility index (Phi) is 4.08. The van der Waals surface area contributed by atoms with Gasteiger partial charge in [-0.2, -0.15) is 12.1 Å². The van der Waals surface area contributed by atoms with E-state index in [1.165, 1.54) is 6.08 Å². The van der Waals surface area contributed by atoms with Crippen molar-refractivity contribution in [2.45, 2.75) is 0 Å². The summed E-state index contributed by atoms with van der Waals surface area (Å²) in [4.78, 5) is 0. The van der Waals surface area contributed by atoms with Crippen molar-refractivity contribution in [1.82, 2.24) is 0 Å². The van der Waals surface area contributed by atoms with E-state index in [1.54, 1.807) is 0 Å². The van der Waals surface area contributed by atoms with E-state index in [4.69, 9.17) is 6.58 Å². The molecule has 48 valence electrons. The molecule has 0 saturated heterocycles. The van der Waals surface area contributed by atoms with Crippen LogP contribution in [0.15, 0.2) is 24.3 Å². The molecule has 0 radical (unpaired) electrons. The average Bonchev–Trinajstić information content (AvgIpc) is 1.90. The molecule has 9 heavy (non-hydrogen) atoms. The fraction of sp³-hybridized carbons (Fsp3) is 0. The normalized spacial score (nSPS) is 7.56. The average molecular weight is 161 g/mol. The zero-order chi connectivity index (χ0) is 5.82. The summed E-state index contributed by atoms with van der Waals surface area (Å²) in [7, 11) is 0. The van der Waals surface area contributed by atoms with Crippen LogP contribution in [0.2, 0.25) is 0 Å². The Morgan fingerprint density at radius 1 is 1.44 bits per heavy atom. The van der Waals surface area contributed by atoms with Gasteiger partial charge in [0, 0.05) is 0 Å². The number of rotatable bonds is 1. The van der Waals surface area contributed by atoms with Crippen LogP contribution in [-0.2, 0) is 16.5 Å². The van der Waals surface area contributed by atoms with Gasteiger partial charge in [-0.05, 0) is 0 Å². The molecule has 0 aliphatic heterocycles. The minimum atomic E-state index is 0. The first-order valence-electron chi connectivity index (χ1n) is 2.45. The van der Waals surface area contributed by atoms with Crippen LogP contribution < -0.4 is 0 Å². The van der Waals surface area contributed by atoms with Gasteiger partial charge in [-0.3, -0.25) is 0 Å². The van der Waals surface area contributed by atoms with Gasteiger partial charge in [0.25, 0.3) is 0 Å². The second-order valence-corrected chi connectivity index (χ2v) is 1.48. The Hall–Kier alpha value is -0.546. The fourth-order valence-corrected chi connectivity index (χ4v) is 0.511. The van der Waals surface area contributed by atoms with E-state index in [9.17, 15) is 0 Å². The van der Waals surface area contributed by atoms with Gasteiger partial charge in [-0.1, -0.05) is 0 Å². The Labute approximate surface area is 65.5 Å². The van der Waals surface area contributed by atoms with Gasteiger partial charge in [0.2, 0.25) is 0 Å². The van der Waals surface area contributed by atoms with Gasteiger partial charge in [-0.15, -0.1) is 6.07 Å². The fourth-order valence-electron chi connectivity index (χ4n) is 0.511. The molecule has 0 nitrogen and oxygen atoms in total. The summed E-state index contributed by atoms with van der Waals surface area (Å²) in [6, 6.07) is 10.5. The summed E-state index contributed by atoms with van der Waals surface area (Å²) in [5, 5.41) is 0. The minimum absolute atomic E-state index is 0. The molecule has 1 heteroatoms. The topological polar surface area (TPSA) is 0 Å². The van der Waals surface area contributed by atoms with Gasteiger partial charge >= 0.3 is 16.5 Å². The monoisotopic (exact) mass is 160 g/mol. The van der Waals surface area contributed by atoms with E-state index in [2.05, 4.69) is 6.07 Å². The van der Waals surface area contributed by atoms with Crippen LogP contribution in [0.1, 0.15) is 5.56 Å². The van der Waals surface area contributed by atoms with Crippen molar-refractivity contribution in [3.63, 3.8) is 0 Å². The third kappa shape index (κ3) is 2.48. The largest absolute Gasteiger partial charge is 2.00 e. The second kappa shape index (κ2) is 4.34. The summed E-state index contributed by atoms with van der Waals surface area (Å²) in [6.07, 6.45) is 1.53. The van der Waals surface area contributed by atoms with Crippen LogP contribution in [0.3, 0.4) is 0 Å². The van der Waals surface area contributed by atoms with Gasteiger partial charge < -0.3 is 18.2 Å². The maximum absolute atomic E-state index is 5.19. The van der Waals surface area contributed by atoms with E-state index < -0.39 is 0 Å². The molecule has 1 rings (SSSR count). The summed E-state index contributed by atoms with van der Waals surface area (Å²) in [5.41, 5.74) is 0.938. The van der Waals surface area contributed by atoms with Crippen molar-refractivity contribution < 1.29 is 16.5 Å². The van der Waals surface area contributed by atoms with Gasteiger partial charge in [0.05, 0.1) is 0 Å². The molecule has 0 aliphatic rings. The summed E-state index contributed by atoms with van der Waals surface area (Å²) >= 11 is 0. The molecule has 0 unspecified atom stereocenters. The van der Waals surface area contributed by atoms with Crippen LogP contribution in [0.4, 0.5) is 0 Å². The Morgan fingerprint density at radius 3 is 2.56 bits per heavy atom. The quantitative estimate of drug-likeness (QED) is 0.435. The van der Waals surface area contributed by atoms with Gasteiger partial charge in [-0.25, -0.2) is 12.1 Å². The van der Waals surface area contributed by atoms with Crippen LogP contribution in [0, 0.1) is 12.6 Å². The Bertz CT molecular complexity index is 167. The van der Waals surface area contributed by atoms with Gasteiger partial charge in [0.1, 0.15) is 0 Å².